The first-order valence-corrected chi connectivity index (χ1v) is 8.03. The zero-order valence-electron chi connectivity index (χ0n) is 13.8. The third-order valence-electron chi connectivity index (χ3n) is 3.86. The Morgan fingerprint density at radius 3 is 2.67 bits per heavy atom. The molecule has 1 aromatic rings. The summed E-state index contributed by atoms with van der Waals surface area (Å²) in [5, 5.41) is 4.00. The molecule has 2 atom stereocenters. The van der Waals surface area contributed by atoms with Crippen LogP contribution >= 0.6 is 0 Å². The molecule has 1 saturated carbocycles. The smallest absolute Gasteiger partial charge is 0.226 e. The van der Waals surface area contributed by atoms with Crippen molar-refractivity contribution in [3.05, 3.63) is 11.7 Å². The maximum absolute atomic E-state index is 6.06. The Morgan fingerprint density at radius 2 is 2.10 bits per heavy atom. The topological polar surface area (TPSA) is 74.2 Å². The Balaban J connectivity index is 1.79. The van der Waals surface area contributed by atoms with Crippen molar-refractivity contribution in [2.45, 2.75) is 71.9 Å². The van der Waals surface area contributed by atoms with Crippen LogP contribution in [0.1, 0.15) is 71.1 Å². The fraction of sp³-hybridized carbons (Fsp3) is 0.875. The van der Waals surface area contributed by atoms with Crippen LogP contribution in [0.3, 0.4) is 0 Å². The van der Waals surface area contributed by atoms with Crippen LogP contribution in [0, 0.1) is 11.3 Å². The Kier molecular flexibility index (Phi) is 5.38. The van der Waals surface area contributed by atoms with E-state index in [2.05, 4.69) is 37.8 Å². The van der Waals surface area contributed by atoms with Gasteiger partial charge in [-0.1, -0.05) is 32.9 Å². The molecule has 21 heavy (non-hydrogen) atoms. The van der Waals surface area contributed by atoms with Crippen LogP contribution < -0.4 is 5.73 Å². The summed E-state index contributed by atoms with van der Waals surface area (Å²) in [6, 6.07) is -0.291. The van der Waals surface area contributed by atoms with Gasteiger partial charge in [0.2, 0.25) is 5.89 Å². The van der Waals surface area contributed by atoms with E-state index in [4.69, 9.17) is 15.0 Å². The van der Waals surface area contributed by atoms with Gasteiger partial charge >= 0.3 is 0 Å². The molecular formula is C16H29N3O2. The molecule has 0 radical (unpaired) electrons. The lowest BCUT2D eigenvalue weighted by Crippen LogP contribution is -2.27. The highest BCUT2D eigenvalue weighted by Crippen LogP contribution is 2.26. The molecular weight excluding hydrogens is 266 g/mol. The standard InChI is InChI=1S/C16H29N3O2/c1-11(9-16(2,3)4)8-14-18-15(19-21-14)13(17)10-20-12-6-5-7-12/h11-13H,5-10,17H2,1-4H3. The molecule has 1 aliphatic carbocycles. The Hall–Kier alpha value is -0.940. The van der Waals surface area contributed by atoms with Crippen molar-refractivity contribution in [1.29, 1.82) is 0 Å². The first kappa shape index (κ1) is 16.4. The monoisotopic (exact) mass is 295 g/mol. The molecule has 1 heterocycles. The Bertz CT molecular complexity index is 435. The second-order valence-electron chi connectivity index (χ2n) is 7.61. The molecule has 1 aromatic heterocycles. The lowest BCUT2D eigenvalue weighted by Gasteiger charge is -2.26. The van der Waals surface area contributed by atoms with Gasteiger partial charge in [0.1, 0.15) is 0 Å². The lowest BCUT2D eigenvalue weighted by atomic mass is 9.84. The van der Waals surface area contributed by atoms with Gasteiger partial charge in [-0.3, -0.25) is 0 Å². The molecule has 0 aliphatic heterocycles. The minimum atomic E-state index is -0.291. The van der Waals surface area contributed by atoms with E-state index in [1.54, 1.807) is 0 Å². The molecule has 2 unspecified atom stereocenters. The lowest BCUT2D eigenvalue weighted by molar-refractivity contribution is -0.00549. The average Bonchev–Trinajstić information content (AvgIpc) is 2.72. The summed E-state index contributed by atoms with van der Waals surface area (Å²) >= 11 is 0. The number of aromatic nitrogens is 2. The highest BCUT2D eigenvalue weighted by molar-refractivity contribution is 4.94. The van der Waals surface area contributed by atoms with E-state index in [-0.39, 0.29) is 6.04 Å². The van der Waals surface area contributed by atoms with Gasteiger partial charge in [-0.2, -0.15) is 4.98 Å². The minimum Gasteiger partial charge on any atom is -0.376 e. The van der Waals surface area contributed by atoms with Gasteiger partial charge in [-0.25, -0.2) is 0 Å². The van der Waals surface area contributed by atoms with Gasteiger partial charge in [-0.15, -0.1) is 0 Å². The van der Waals surface area contributed by atoms with Crippen molar-refractivity contribution in [2.75, 3.05) is 6.61 Å². The summed E-state index contributed by atoms with van der Waals surface area (Å²) in [5.74, 6) is 1.76. The SMILES string of the molecule is CC(Cc1nc(C(N)COC2CCC2)no1)CC(C)(C)C. The maximum Gasteiger partial charge on any atom is 0.226 e. The van der Waals surface area contributed by atoms with E-state index in [9.17, 15) is 0 Å². The highest BCUT2D eigenvalue weighted by atomic mass is 16.5. The largest absolute Gasteiger partial charge is 0.376 e. The minimum absolute atomic E-state index is 0.291. The molecule has 120 valence electrons. The summed E-state index contributed by atoms with van der Waals surface area (Å²) in [4.78, 5) is 4.42. The Morgan fingerprint density at radius 1 is 1.38 bits per heavy atom. The number of hydrogen-bond donors (Lipinski definition) is 1. The van der Waals surface area contributed by atoms with Crippen LogP contribution in [0.4, 0.5) is 0 Å². The summed E-state index contributed by atoms with van der Waals surface area (Å²) in [6.45, 7) is 9.43. The zero-order valence-corrected chi connectivity index (χ0v) is 13.8. The molecule has 1 aliphatic rings. The van der Waals surface area contributed by atoms with Crippen molar-refractivity contribution < 1.29 is 9.26 Å². The quantitative estimate of drug-likeness (QED) is 0.835. The fourth-order valence-electron chi connectivity index (χ4n) is 2.77. The molecule has 5 nitrogen and oxygen atoms in total. The first-order chi connectivity index (χ1) is 9.83. The first-order valence-electron chi connectivity index (χ1n) is 8.03. The fourth-order valence-corrected chi connectivity index (χ4v) is 2.77. The van der Waals surface area contributed by atoms with Crippen molar-refractivity contribution in [1.82, 2.24) is 10.1 Å². The van der Waals surface area contributed by atoms with E-state index in [0.717, 1.165) is 25.7 Å². The average molecular weight is 295 g/mol. The predicted octanol–water partition coefficient (Wildman–Crippen LogP) is 3.25. The van der Waals surface area contributed by atoms with Crippen molar-refractivity contribution >= 4 is 0 Å². The molecule has 5 heteroatoms. The maximum atomic E-state index is 6.06. The summed E-state index contributed by atoms with van der Waals surface area (Å²) < 4.78 is 11.0. The van der Waals surface area contributed by atoms with Crippen LogP contribution in [0.2, 0.25) is 0 Å². The third-order valence-corrected chi connectivity index (χ3v) is 3.86. The number of hydrogen-bond acceptors (Lipinski definition) is 5. The molecule has 2 rings (SSSR count). The van der Waals surface area contributed by atoms with Gasteiger partial charge in [0.05, 0.1) is 18.8 Å². The number of nitrogens with zero attached hydrogens (tertiary/aromatic N) is 2. The van der Waals surface area contributed by atoms with Gasteiger partial charge in [-0.05, 0) is 37.0 Å². The summed E-state index contributed by atoms with van der Waals surface area (Å²) in [5.41, 5.74) is 6.37. The van der Waals surface area contributed by atoms with Crippen molar-refractivity contribution in [3.63, 3.8) is 0 Å². The van der Waals surface area contributed by atoms with Crippen LogP contribution in [0.15, 0.2) is 4.52 Å². The normalized spacial score (nSPS) is 19.3. The molecule has 0 spiro atoms. The van der Waals surface area contributed by atoms with Crippen LogP contribution in [0.25, 0.3) is 0 Å². The summed E-state index contributed by atoms with van der Waals surface area (Å²) in [7, 11) is 0. The molecule has 1 fully saturated rings. The second-order valence-corrected chi connectivity index (χ2v) is 7.61. The van der Waals surface area contributed by atoms with Crippen LogP contribution in [0.5, 0.6) is 0 Å². The van der Waals surface area contributed by atoms with Crippen LogP contribution in [-0.2, 0) is 11.2 Å². The van der Waals surface area contributed by atoms with Gasteiger partial charge in [0.25, 0.3) is 0 Å². The number of rotatable bonds is 7. The van der Waals surface area contributed by atoms with E-state index in [1.807, 2.05) is 0 Å². The van der Waals surface area contributed by atoms with E-state index in [0.29, 0.717) is 35.8 Å². The number of nitrogens with two attached hydrogens (primary N) is 1. The third kappa shape index (κ3) is 5.40. The van der Waals surface area contributed by atoms with Gasteiger partial charge in [0.15, 0.2) is 5.82 Å². The Labute approximate surface area is 127 Å². The predicted molar refractivity (Wildman–Crippen MR) is 81.8 cm³/mol. The second kappa shape index (κ2) is 6.88. The molecule has 0 aromatic carbocycles. The van der Waals surface area contributed by atoms with Crippen LogP contribution in [-0.4, -0.2) is 22.9 Å². The van der Waals surface area contributed by atoms with E-state index in [1.165, 1.54) is 6.42 Å². The van der Waals surface area contributed by atoms with Crippen molar-refractivity contribution in [3.8, 4) is 0 Å². The van der Waals surface area contributed by atoms with Gasteiger partial charge < -0.3 is 15.0 Å². The molecule has 0 amide bonds. The molecule has 0 bridgehead atoms. The zero-order chi connectivity index (χ0) is 15.5. The number of ether oxygens (including phenoxy) is 1. The van der Waals surface area contributed by atoms with E-state index >= 15 is 0 Å². The van der Waals surface area contributed by atoms with Gasteiger partial charge in [0, 0.05) is 6.42 Å². The van der Waals surface area contributed by atoms with Crippen molar-refractivity contribution in [2.24, 2.45) is 17.1 Å². The molecule has 2 N–H and O–H groups in total. The van der Waals surface area contributed by atoms with E-state index < -0.39 is 0 Å². The molecule has 0 saturated heterocycles. The summed E-state index contributed by atoms with van der Waals surface area (Å²) in [6.07, 6.45) is 5.87. The highest BCUT2D eigenvalue weighted by Gasteiger charge is 2.22.